The summed E-state index contributed by atoms with van der Waals surface area (Å²) in [6.45, 7) is 1.33. The van der Waals surface area contributed by atoms with Gasteiger partial charge in [-0.15, -0.1) is 0 Å². The van der Waals surface area contributed by atoms with Crippen LogP contribution in [0, 0.1) is 0 Å². The van der Waals surface area contributed by atoms with Crippen LogP contribution in [0.2, 0.25) is 0 Å². The van der Waals surface area contributed by atoms with Gasteiger partial charge in [0.1, 0.15) is 16.3 Å². The highest BCUT2D eigenvalue weighted by Gasteiger charge is 2.29. The van der Waals surface area contributed by atoms with Gasteiger partial charge in [-0.25, -0.2) is 13.2 Å². The van der Waals surface area contributed by atoms with Gasteiger partial charge in [-0.1, -0.05) is 15.9 Å². The van der Waals surface area contributed by atoms with Gasteiger partial charge in [0, 0.05) is 30.8 Å². The molecule has 9 heteroatoms. The molecular weight excluding hydrogens is 412 g/mol. The number of rotatable bonds is 4. The van der Waals surface area contributed by atoms with Crippen LogP contribution in [0.4, 0.5) is 0 Å². The van der Waals surface area contributed by atoms with E-state index in [1.54, 1.807) is 31.3 Å². The van der Waals surface area contributed by atoms with Gasteiger partial charge < -0.3 is 14.0 Å². The van der Waals surface area contributed by atoms with Crippen LogP contribution in [0.1, 0.15) is 10.5 Å². The minimum Gasteiger partial charge on any atom is -0.422 e. The first-order chi connectivity index (χ1) is 11.9. The third kappa shape index (κ3) is 3.95. The Morgan fingerprint density at radius 1 is 1.20 bits per heavy atom. The molecular formula is C16H17BrN2O5S. The Labute approximate surface area is 154 Å². The van der Waals surface area contributed by atoms with E-state index in [-0.39, 0.29) is 10.6 Å². The molecule has 7 nitrogen and oxygen atoms in total. The average molecular weight is 429 g/mol. The van der Waals surface area contributed by atoms with Crippen LogP contribution in [0.5, 0.6) is 5.75 Å². The number of ether oxygens (including phenoxy) is 2. The van der Waals surface area contributed by atoms with E-state index < -0.39 is 16.0 Å². The lowest BCUT2D eigenvalue weighted by molar-refractivity contribution is 0.0723. The number of hydrogen-bond acceptors (Lipinski definition) is 5. The van der Waals surface area contributed by atoms with Gasteiger partial charge in [-0.3, -0.25) is 0 Å². The van der Waals surface area contributed by atoms with Gasteiger partial charge in [0.2, 0.25) is 10.0 Å². The minimum atomic E-state index is -3.66. The molecule has 0 radical (unpaired) electrons. The van der Waals surface area contributed by atoms with Crippen molar-refractivity contribution >= 4 is 31.9 Å². The zero-order valence-corrected chi connectivity index (χ0v) is 15.9. The standard InChI is InChI=1S/C16H17BrN2O5S/c1-18-11-14(25(21,22)19-6-8-23-9-7-19)10-15(18)16(20)24-13-4-2-12(17)3-5-13/h2-5,10-11H,6-9H2,1H3. The van der Waals surface area contributed by atoms with Crippen LogP contribution in [0.15, 0.2) is 45.9 Å². The van der Waals surface area contributed by atoms with Crippen molar-refractivity contribution in [2.45, 2.75) is 4.90 Å². The molecule has 0 saturated carbocycles. The van der Waals surface area contributed by atoms with E-state index in [1.807, 2.05) is 0 Å². The Morgan fingerprint density at radius 3 is 2.48 bits per heavy atom. The predicted molar refractivity (Wildman–Crippen MR) is 94.1 cm³/mol. The average Bonchev–Trinajstić information content (AvgIpc) is 3.00. The molecule has 0 spiro atoms. The fourth-order valence-corrected chi connectivity index (χ4v) is 4.22. The highest BCUT2D eigenvalue weighted by molar-refractivity contribution is 9.10. The van der Waals surface area contributed by atoms with Crippen molar-refractivity contribution in [2.24, 2.45) is 7.05 Å². The Morgan fingerprint density at radius 2 is 1.84 bits per heavy atom. The van der Waals surface area contributed by atoms with Crippen LogP contribution >= 0.6 is 15.9 Å². The number of esters is 1. The molecule has 25 heavy (non-hydrogen) atoms. The molecule has 0 atom stereocenters. The summed E-state index contributed by atoms with van der Waals surface area (Å²) >= 11 is 3.31. The molecule has 0 bridgehead atoms. The molecule has 0 aliphatic carbocycles. The second kappa shape index (κ2) is 7.28. The van der Waals surface area contributed by atoms with Crippen molar-refractivity contribution in [2.75, 3.05) is 26.3 Å². The van der Waals surface area contributed by atoms with Gasteiger partial charge in [0.15, 0.2) is 0 Å². The third-order valence-corrected chi connectivity index (χ3v) is 6.21. The number of halogens is 1. The maximum atomic E-state index is 12.7. The summed E-state index contributed by atoms with van der Waals surface area (Å²) in [5, 5.41) is 0. The van der Waals surface area contributed by atoms with Gasteiger partial charge in [-0.2, -0.15) is 4.31 Å². The van der Waals surface area contributed by atoms with Crippen molar-refractivity contribution in [3.63, 3.8) is 0 Å². The topological polar surface area (TPSA) is 77.8 Å². The molecule has 3 rings (SSSR count). The minimum absolute atomic E-state index is 0.0691. The smallest absolute Gasteiger partial charge is 0.360 e. The quantitative estimate of drug-likeness (QED) is 0.549. The number of morpholine rings is 1. The Bertz CT molecular complexity index is 870. The molecule has 0 N–H and O–H groups in total. The van der Waals surface area contributed by atoms with Crippen molar-refractivity contribution < 1.29 is 22.7 Å². The van der Waals surface area contributed by atoms with E-state index in [0.29, 0.717) is 32.1 Å². The van der Waals surface area contributed by atoms with E-state index in [9.17, 15) is 13.2 Å². The normalized spacial score (nSPS) is 15.9. The van der Waals surface area contributed by atoms with Crippen LogP contribution in [0.25, 0.3) is 0 Å². The Kier molecular flexibility index (Phi) is 5.28. The summed E-state index contributed by atoms with van der Waals surface area (Å²) in [5.41, 5.74) is 0.162. The van der Waals surface area contributed by atoms with E-state index in [1.165, 1.54) is 21.1 Å². The molecule has 1 aliphatic heterocycles. The summed E-state index contributed by atoms with van der Waals surface area (Å²) in [6, 6.07) is 8.14. The monoisotopic (exact) mass is 428 g/mol. The molecule has 1 fully saturated rings. The molecule has 2 heterocycles. The van der Waals surface area contributed by atoms with E-state index >= 15 is 0 Å². The van der Waals surface area contributed by atoms with Crippen molar-refractivity contribution in [1.82, 2.24) is 8.87 Å². The van der Waals surface area contributed by atoms with Crippen LogP contribution in [-0.2, 0) is 21.8 Å². The van der Waals surface area contributed by atoms with Gasteiger partial charge in [-0.05, 0) is 30.3 Å². The first kappa shape index (κ1) is 18.1. The first-order valence-corrected chi connectivity index (χ1v) is 9.83. The van der Waals surface area contributed by atoms with E-state index in [0.717, 1.165) is 4.47 Å². The Balaban J connectivity index is 1.81. The fourth-order valence-electron chi connectivity index (χ4n) is 2.48. The van der Waals surface area contributed by atoms with E-state index in [4.69, 9.17) is 9.47 Å². The van der Waals surface area contributed by atoms with Gasteiger partial charge >= 0.3 is 5.97 Å². The number of carbonyl (C=O) groups excluding carboxylic acids is 1. The lowest BCUT2D eigenvalue weighted by Gasteiger charge is -2.25. The highest BCUT2D eigenvalue weighted by Crippen LogP contribution is 2.22. The number of nitrogens with zero attached hydrogens (tertiary/aromatic N) is 2. The largest absolute Gasteiger partial charge is 0.422 e. The molecule has 0 amide bonds. The maximum absolute atomic E-state index is 12.7. The van der Waals surface area contributed by atoms with Crippen molar-refractivity contribution in [1.29, 1.82) is 0 Å². The fraction of sp³-hybridized carbons (Fsp3) is 0.312. The first-order valence-electron chi connectivity index (χ1n) is 7.60. The molecule has 1 saturated heterocycles. The maximum Gasteiger partial charge on any atom is 0.360 e. The predicted octanol–water partition coefficient (Wildman–Crippen LogP) is 2.03. The SMILES string of the molecule is Cn1cc(S(=O)(=O)N2CCOCC2)cc1C(=O)Oc1ccc(Br)cc1. The zero-order valence-electron chi connectivity index (χ0n) is 13.5. The van der Waals surface area contributed by atoms with Gasteiger partial charge in [0.25, 0.3) is 0 Å². The lowest BCUT2D eigenvalue weighted by Crippen LogP contribution is -2.40. The van der Waals surface area contributed by atoms with Crippen molar-refractivity contribution in [3.8, 4) is 5.75 Å². The molecule has 1 aliphatic rings. The third-order valence-electron chi connectivity index (χ3n) is 3.82. The molecule has 134 valence electrons. The number of aryl methyl sites for hydroxylation is 1. The second-order valence-electron chi connectivity index (χ2n) is 5.53. The number of aromatic nitrogens is 1. The second-order valence-corrected chi connectivity index (χ2v) is 8.39. The Hall–Kier alpha value is -1.68. The van der Waals surface area contributed by atoms with Gasteiger partial charge in [0.05, 0.1) is 13.2 Å². The lowest BCUT2D eigenvalue weighted by atomic mass is 10.3. The number of hydrogen-bond donors (Lipinski definition) is 0. The number of sulfonamides is 1. The summed E-state index contributed by atoms with van der Waals surface area (Å²) < 4.78 is 39.5. The molecule has 1 aromatic carbocycles. The highest BCUT2D eigenvalue weighted by atomic mass is 79.9. The summed E-state index contributed by atoms with van der Waals surface area (Å²) in [6.07, 6.45) is 1.42. The number of carbonyl (C=O) groups is 1. The van der Waals surface area contributed by atoms with E-state index in [2.05, 4.69) is 15.9 Å². The van der Waals surface area contributed by atoms with Crippen LogP contribution in [-0.4, -0.2) is 49.6 Å². The van der Waals surface area contributed by atoms with Crippen LogP contribution in [0.3, 0.4) is 0 Å². The van der Waals surface area contributed by atoms with Crippen molar-refractivity contribution in [3.05, 3.63) is 46.7 Å². The molecule has 1 aromatic heterocycles. The van der Waals surface area contributed by atoms with Crippen LogP contribution < -0.4 is 4.74 Å². The summed E-state index contributed by atoms with van der Waals surface area (Å²) in [7, 11) is -2.05. The number of benzene rings is 1. The zero-order chi connectivity index (χ0) is 18.0. The molecule has 0 unspecified atom stereocenters. The molecule has 2 aromatic rings. The summed E-state index contributed by atoms with van der Waals surface area (Å²) in [5.74, 6) is -0.236. The summed E-state index contributed by atoms with van der Waals surface area (Å²) in [4.78, 5) is 12.4.